The first-order chi connectivity index (χ1) is 25.8. The summed E-state index contributed by atoms with van der Waals surface area (Å²) in [5, 5.41) is 8.75. The SMILES string of the molecule is c1ccc(-c2nc(-c3cc4ccccc4c4ccccc34)nc(-c3cccc4oc5cc(-c6cccc7c6oc6ccccc67)ccc5c34)n2)cc1. The van der Waals surface area contributed by atoms with Gasteiger partial charge in [0.2, 0.25) is 0 Å². The van der Waals surface area contributed by atoms with Gasteiger partial charge in [0.05, 0.1) is 0 Å². The van der Waals surface area contributed by atoms with Crippen LogP contribution in [0.25, 0.3) is 111 Å². The number of rotatable bonds is 4. The van der Waals surface area contributed by atoms with E-state index in [9.17, 15) is 0 Å². The second-order valence-corrected chi connectivity index (χ2v) is 13.1. The average molecular weight is 666 g/mol. The van der Waals surface area contributed by atoms with Crippen LogP contribution in [0.1, 0.15) is 0 Å². The molecule has 3 heterocycles. The zero-order valence-corrected chi connectivity index (χ0v) is 27.7. The fourth-order valence-corrected chi connectivity index (χ4v) is 7.73. The minimum Gasteiger partial charge on any atom is -0.456 e. The Kier molecular flexibility index (Phi) is 6.18. The Morgan fingerprint density at radius 2 is 0.981 bits per heavy atom. The fraction of sp³-hybridized carbons (Fsp3) is 0. The lowest BCUT2D eigenvalue weighted by Crippen LogP contribution is -2.01. The molecule has 0 saturated carbocycles. The molecule has 0 saturated heterocycles. The molecular weight excluding hydrogens is 639 g/mol. The third-order valence-corrected chi connectivity index (χ3v) is 10.1. The molecule has 0 unspecified atom stereocenters. The molecule has 0 N–H and O–H groups in total. The Hall–Kier alpha value is -7.11. The van der Waals surface area contributed by atoms with Crippen LogP contribution in [0, 0.1) is 0 Å². The zero-order chi connectivity index (χ0) is 34.2. The Labute approximate surface area is 297 Å². The van der Waals surface area contributed by atoms with Crippen molar-refractivity contribution in [3.63, 3.8) is 0 Å². The summed E-state index contributed by atoms with van der Waals surface area (Å²) < 4.78 is 13.0. The molecule has 0 amide bonds. The van der Waals surface area contributed by atoms with Crippen molar-refractivity contribution < 1.29 is 8.83 Å². The van der Waals surface area contributed by atoms with Crippen LogP contribution in [0.2, 0.25) is 0 Å². The molecule has 8 aromatic carbocycles. The molecular formula is C47H27N3O2. The van der Waals surface area contributed by atoms with Crippen LogP contribution in [-0.2, 0) is 0 Å². The quantitative estimate of drug-likeness (QED) is 0.175. The summed E-state index contributed by atoms with van der Waals surface area (Å²) in [6.45, 7) is 0. The van der Waals surface area contributed by atoms with E-state index in [1.54, 1.807) is 0 Å². The minimum atomic E-state index is 0.588. The van der Waals surface area contributed by atoms with Crippen molar-refractivity contribution in [1.29, 1.82) is 0 Å². The third kappa shape index (κ3) is 4.39. The van der Waals surface area contributed by atoms with Crippen molar-refractivity contribution in [3.8, 4) is 45.3 Å². The number of fused-ring (bicyclic) bond motifs is 9. The normalized spacial score (nSPS) is 11.8. The van der Waals surface area contributed by atoms with Gasteiger partial charge >= 0.3 is 0 Å². The van der Waals surface area contributed by atoms with E-state index in [0.29, 0.717) is 17.5 Å². The van der Waals surface area contributed by atoms with Crippen molar-refractivity contribution in [2.45, 2.75) is 0 Å². The topological polar surface area (TPSA) is 65.0 Å². The summed E-state index contributed by atoms with van der Waals surface area (Å²) in [6.07, 6.45) is 0. The summed E-state index contributed by atoms with van der Waals surface area (Å²) in [7, 11) is 0. The minimum absolute atomic E-state index is 0.588. The predicted octanol–water partition coefficient (Wildman–Crippen LogP) is 12.6. The first kappa shape index (κ1) is 28.7. The summed E-state index contributed by atoms with van der Waals surface area (Å²) in [5.74, 6) is 1.83. The van der Waals surface area contributed by atoms with Gasteiger partial charge in [-0.2, -0.15) is 0 Å². The number of hydrogen-bond donors (Lipinski definition) is 0. The van der Waals surface area contributed by atoms with Gasteiger partial charge in [-0.25, -0.2) is 15.0 Å². The molecule has 0 spiro atoms. The fourth-order valence-electron chi connectivity index (χ4n) is 7.73. The molecule has 3 aromatic heterocycles. The highest BCUT2D eigenvalue weighted by molar-refractivity contribution is 6.15. The van der Waals surface area contributed by atoms with Crippen molar-refractivity contribution in [2.75, 3.05) is 0 Å². The molecule has 11 rings (SSSR count). The highest BCUT2D eigenvalue weighted by Crippen LogP contribution is 2.41. The van der Waals surface area contributed by atoms with Gasteiger partial charge in [-0.1, -0.05) is 133 Å². The second kappa shape index (κ2) is 11.2. The second-order valence-electron chi connectivity index (χ2n) is 13.1. The van der Waals surface area contributed by atoms with E-state index >= 15 is 0 Å². The monoisotopic (exact) mass is 665 g/mol. The average Bonchev–Trinajstić information content (AvgIpc) is 3.79. The standard InChI is InChI=1S/C47H27N3O2/c1-2-12-28(13-3-1)45-48-46(50-47(49-45)39-26-29-14-4-5-15-31(29)33-16-6-7-17-34(33)39)38-21-11-23-41-43(38)37-25-24-30(27-42(37)51-41)32-19-10-20-36-35-18-8-9-22-40(35)52-44(32)36/h1-27H. The van der Waals surface area contributed by atoms with Crippen molar-refractivity contribution in [2.24, 2.45) is 0 Å². The van der Waals surface area contributed by atoms with Crippen LogP contribution < -0.4 is 0 Å². The summed E-state index contributed by atoms with van der Waals surface area (Å²) >= 11 is 0. The van der Waals surface area contributed by atoms with Crippen LogP contribution in [0.3, 0.4) is 0 Å². The Bertz CT molecular complexity index is 3190. The van der Waals surface area contributed by atoms with Crippen molar-refractivity contribution in [3.05, 3.63) is 164 Å². The lowest BCUT2D eigenvalue weighted by atomic mass is 9.96. The van der Waals surface area contributed by atoms with Crippen LogP contribution in [0.15, 0.2) is 173 Å². The van der Waals surface area contributed by atoms with Crippen molar-refractivity contribution >= 4 is 65.4 Å². The van der Waals surface area contributed by atoms with Crippen LogP contribution in [-0.4, -0.2) is 15.0 Å². The Balaban J connectivity index is 1.13. The van der Waals surface area contributed by atoms with E-state index in [1.807, 2.05) is 60.7 Å². The Morgan fingerprint density at radius 1 is 0.327 bits per heavy atom. The van der Waals surface area contributed by atoms with Gasteiger partial charge in [-0.3, -0.25) is 0 Å². The molecule has 0 radical (unpaired) electrons. The van der Waals surface area contributed by atoms with Crippen molar-refractivity contribution in [1.82, 2.24) is 15.0 Å². The maximum absolute atomic E-state index is 6.58. The summed E-state index contributed by atoms with van der Waals surface area (Å²) in [5.41, 5.74) is 8.11. The van der Waals surface area contributed by atoms with Crippen LogP contribution in [0.4, 0.5) is 0 Å². The largest absolute Gasteiger partial charge is 0.456 e. The maximum Gasteiger partial charge on any atom is 0.164 e. The number of benzene rings is 8. The van der Waals surface area contributed by atoms with Gasteiger partial charge in [0, 0.05) is 43.8 Å². The van der Waals surface area contributed by atoms with Crippen LogP contribution >= 0.6 is 0 Å². The molecule has 11 aromatic rings. The molecule has 0 fully saturated rings. The molecule has 242 valence electrons. The first-order valence-corrected chi connectivity index (χ1v) is 17.4. The molecule has 5 nitrogen and oxygen atoms in total. The van der Waals surface area contributed by atoms with Gasteiger partial charge in [0.1, 0.15) is 22.3 Å². The van der Waals surface area contributed by atoms with Gasteiger partial charge in [0.15, 0.2) is 17.5 Å². The maximum atomic E-state index is 6.58. The van der Waals surface area contributed by atoms with E-state index in [0.717, 1.165) is 87.9 Å². The van der Waals surface area contributed by atoms with Gasteiger partial charge in [0.25, 0.3) is 0 Å². The first-order valence-electron chi connectivity index (χ1n) is 17.4. The van der Waals surface area contributed by atoms with Gasteiger partial charge in [-0.05, 0) is 57.4 Å². The number of aromatic nitrogens is 3. The van der Waals surface area contributed by atoms with E-state index in [1.165, 1.54) is 5.39 Å². The number of para-hydroxylation sites is 2. The summed E-state index contributed by atoms with van der Waals surface area (Å²) in [4.78, 5) is 15.5. The van der Waals surface area contributed by atoms with E-state index in [-0.39, 0.29) is 0 Å². The molecule has 0 aliphatic carbocycles. The number of hydrogen-bond acceptors (Lipinski definition) is 5. The molecule has 0 aliphatic rings. The van der Waals surface area contributed by atoms with E-state index in [2.05, 4.69) is 103 Å². The van der Waals surface area contributed by atoms with E-state index < -0.39 is 0 Å². The zero-order valence-electron chi connectivity index (χ0n) is 27.7. The number of nitrogens with zero attached hydrogens (tertiary/aromatic N) is 3. The Morgan fingerprint density at radius 3 is 1.87 bits per heavy atom. The van der Waals surface area contributed by atoms with E-state index in [4.69, 9.17) is 23.8 Å². The number of furan rings is 2. The molecule has 52 heavy (non-hydrogen) atoms. The predicted molar refractivity (Wildman–Crippen MR) is 211 cm³/mol. The smallest absolute Gasteiger partial charge is 0.164 e. The lowest BCUT2D eigenvalue weighted by Gasteiger charge is -2.12. The third-order valence-electron chi connectivity index (χ3n) is 10.1. The van der Waals surface area contributed by atoms with Gasteiger partial charge in [-0.15, -0.1) is 0 Å². The molecule has 5 heteroatoms. The molecule has 0 aliphatic heterocycles. The molecule has 0 bridgehead atoms. The van der Waals surface area contributed by atoms with Crippen LogP contribution in [0.5, 0.6) is 0 Å². The highest BCUT2D eigenvalue weighted by atomic mass is 16.3. The molecule has 0 atom stereocenters. The van der Waals surface area contributed by atoms with Gasteiger partial charge < -0.3 is 8.83 Å². The summed E-state index contributed by atoms with van der Waals surface area (Å²) in [6, 6.07) is 56.2. The highest BCUT2D eigenvalue weighted by Gasteiger charge is 2.20. The lowest BCUT2D eigenvalue weighted by molar-refractivity contribution is 0.668.